The van der Waals surface area contributed by atoms with E-state index in [9.17, 15) is 0 Å². The molecule has 2 aliphatic carbocycles. The van der Waals surface area contributed by atoms with Crippen molar-refractivity contribution in [2.45, 2.75) is 39.0 Å². The average Bonchev–Trinajstić information content (AvgIpc) is 2.55. The van der Waals surface area contributed by atoms with Gasteiger partial charge in [0, 0.05) is 15.2 Å². The lowest BCUT2D eigenvalue weighted by molar-refractivity contribution is 0.206. The SMILES string of the molecule is COCC1=CC=CC2C(C)CC(C[Si](C)(C)C)C12. The highest BCUT2D eigenvalue weighted by Gasteiger charge is 2.43. The maximum atomic E-state index is 5.41. The molecule has 4 unspecified atom stereocenters. The molecule has 0 aromatic rings. The van der Waals surface area contributed by atoms with E-state index < -0.39 is 8.07 Å². The number of allylic oxidation sites excluding steroid dienone is 3. The molecule has 1 nitrogen and oxygen atoms in total. The number of ether oxygens (including phenoxy) is 1. The van der Waals surface area contributed by atoms with Gasteiger partial charge in [-0.05, 0) is 35.7 Å². The number of rotatable bonds is 4. The molecule has 0 heterocycles. The van der Waals surface area contributed by atoms with Gasteiger partial charge in [0.05, 0.1) is 6.61 Å². The van der Waals surface area contributed by atoms with Crippen LogP contribution in [-0.2, 0) is 4.74 Å². The first-order valence-electron chi connectivity index (χ1n) is 7.28. The summed E-state index contributed by atoms with van der Waals surface area (Å²) < 4.78 is 5.41. The summed E-state index contributed by atoms with van der Waals surface area (Å²) in [6.45, 7) is 10.8. The van der Waals surface area contributed by atoms with E-state index in [-0.39, 0.29) is 0 Å². The van der Waals surface area contributed by atoms with Crippen LogP contribution >= 0.6 is 0 Å². The molecule has 0 spiro atoms. The van der Waals surface area contributed by atoms with Crippen LogP contribution in [0.4, 0.5) is 0 Å². The summed E-state index contributed by atoms with van der Waals surface area (Å²) in [4.78, 5) is 0. The van der Waals surface area contributed by atoms with Crippen molar-refractivity contribution < 1.29 is 4.74 Å². The van der Waals surface area contributed by atoms with Gasteiger partial charge in [-0.2, -0.15) is 0 Å². The Hall–Kier alpha value is -0.343. The second kappa shape index (κ2) is 5.34. The van der Waals surface area contributed by atoms with Crippen molar-refractivity contribution in [3.05, 3.63) is 23.8 Å². The molecular weight excluding hydrogens is 236 g/mol. The molecule has 0 amide bonds. The van der Waals surface area contributed by atoms with Crippen molar-refractivity contribution in [3.8, 4) is 0 Å². The van der Waals surface area contributed by atoms with Crippen molar-refractivity contribution in [1.82, 2.24) is 0 Å². The van der Waals surface area contributed by atoms with Gasteiger partial charge < -0.3 is 4.74 Å². The molecular formula is C16H28OSi. The summed E-state index contributed by atoms with van der Waals surface area (Å²) in [5, 5.41) is 0. The fourth-order valence-corrected chi connectivity index (χ4v) is 6.03. The summed E-state index contributed by atoms with van der Waals surface area (Å²) in [6, 6.07) is 1.47. The standard InChI is InChI=1S/C16H28OSi/c1-12-9-14(11-18(3,4)5)16-13(10-17-2)7-6-8-15(12)16/h6-8,12,14-16H,9-11H2,1-5H3. The van der Waals surface area contributed by atoms with Gasteiger partial charge in [0.25, 0.3) is 0 Å². The predicted molar refractivity (Wildman–Crippen MR) is 81.5 cm³/mol. The average molecular weight is 264 g/mol. The van der Waals surface area contributed by atoms with Gasteiger partial charge in [-0.3, -0.25) is 0 Å². The maximum Gasteiger partial charge on any atom is 0.0679 e. The zero-order valence-corrected chi connectivity index (χ0v) is 13.6. The van der Waals surface area contributed by atoms with Gasteiger partial charge in [-0.1, -0.05) is 50.8 Å². The molecule has 0 aromatic heterocycles. The van der Waals surface area contributed by atoms with Crippen LogP contribution in [-0.4, -0.2) is 21.8 Å². The lowest BCUT2D eigenvalue weighted by Gasteiger charge is -2.31. The second-order valence-corrected chi connectivity index (χ2v) is 12.9. The molecule has 0 bridgehead atoms. The van der Waals surface area contributed by atoms with Gasteiger partial charge in [-0.25, -0.2) is 0 Å². The lowest BCUT2D eigenvalue weighted by atomic mass is 9.79. The van der Waals surface area contributed by atoms with E-state index in [1.54, 1.807) is 0 Å². The van der Waals surface area contributed by atoms with Crippen LogP contribution in [0.5, 0.6) is 0 Å². The topological polar surface area (TPSA) is 9.23 Å². The highest BCUT2D eigenvalue weighted by Crippen LogP contribution is 2.50. The molecule has 2 aliphatic rings. The molecule has 4 atom stereocenters. The third kappa shape index (κ3) is 2.97. The Kier molecular flexibility index (Phi) is 4.17. The molecule has 2 rings (SSSR count). The zero-order chi connectivity index (χ0) is 13.3. The number of methoxy groups -OCH3 is 1. The maximum absolute atomic E-state index is 5.41. The number of fused-ring (bicyclic) bond motifs is 1. The third-order valence-electron chi connectivity index (χ3n) is 4.51. The summed E-state index contributed by atoms with van der Waals surface area (Å²) in [5.41, 5.74) is 1.54. The number of hydrogen-bond acceptors (Lipinski definition) is 1. The summed E-state index contributed by atoms with van der Waals surface area (Å²) in [5.74, 6) is 3.26. The Morgan fingerprint density at radius 1 is 1.33 bits per heavy atom. The van der Waals surface area contributed by atoms with Crippen LogP contribution in [0.3, 0.4) is 0 Å². The van der Waals surface area contributed by atoms with E-state index in [0.29, 0.717) is 0 Å². The largest absolute Gasteiger partial charge is 0.380 e. The fraction of sp³-hybridized carbons (Fsp3) is 0.750. The molecule has 2 heteroatoms. The Balaban J connectivity index is 2.18. The van der Waals surface area contributed by atoms with Crippen LogP contribution in [0.15, 0.2) is 23.8 Å². The Labute approximate surface area is 113 Å². The fourth-order valence-electron chi connectivity index (χ4n) is 4.04. The molecule has 102 valence electrons. The van der Waals surface area contributed by atoms with Crippen molar-refractivity contribution >= 4 is 8.07 Å². The smallest absolute Gasteiger partial charge is 0.0679 e. The Morgan fingerprint density at radius 3 is 2.67 bits per heavy atom. The minimum absolute atomic E-state index is 0.761. The van der Waals surface area contributed by atoms with E-state index in [2.05, 4.69) is 44.8 Å². The van der Waals surface area contributed by atoms with Crippen LogP contribution < -0.4 is 0 Å². The minimum Gasteiger partial charge on any atom is -0.380 e. The van der Waals surface area contributed by atoms with Gasteiger partial charge in [0.2, 0.25) is 0 Å². The summed E-state index contributed by atoms with van der Waals surface area (Å²) >= 11 is 0. The molecule has 1 fully saturated rings. The quantitative estimate of drug-likeness (QED) is 0.686. The Morgan fingerprint density at radius 2 is 2.06 bits per heavy atom. The van der Waals surface area contributed by atoms with Crippen LogP contribution in [0.25, 0.3) is 0 Å². The second-order valence-electron chi connectivity index (χ2n) is 7.40. The molecule has 0 aromatic carbocycles. The predicted octanol–water partition coefficient (Wildman–Crippen LogP) is 4.36. The summed E-state index contributed by atoms with van der Waals surface area (Å²) in [6.07, 6.45) is 8.41. The first kappa shape index (κ1) is 14.1. The number of hydrogen-bond donors (Lipinski definition) is 0. The minimum atomic E-state index is -0.973. The van der Waals surface area contributed by atoms with E-state index in [1.807, 2.05) is 7.11 Å². The summed E-state index contributed by atoms with van der Waals surface area (Å²) in [7, 11) is 0.847. The van der Waals surface area contributed by atoms with Crippen molar-refractivity contribution in [3.63, 3.8) is 0 Å². The molecule has 0 aliphatic heterocycles. The van der Waals surface area contributed by atoms with Gasteiger partial charge >= 0.3 is 0 Å². The van der Waals surface area contributed by atoms with Crippen molar-refractivity contribution in [2.24, 2.45) is 23.7 Å². The lowest BCUT2D eigenvalue weighted by Crippen LogP contribution is -2.29. The van der Waals surface area contributed by atoms with Crippen molar-refractivity contribution in [1.29, 1.82) is 0 Å². The molecule has 0 N–H and O–H groups in total. The van der Waals surface area contributed by atoms with Crippen LogP contribution in [0.1, 0.15) is 13.3 Å². The highest BCUT2D eigenvalue weighted by atomic mass is 28.3. The van der Waals surface area contributed by atoms with Crippen LogP contribution in [0.2, 0.25) is 25.7 Å². The monoisotopic (exact) mass is 264 g/mol. The molecule has 1 saturated carbocycles. The van der Waals surface area contributed by atoms with Crippen molar-refractivity contribution in [2.75, 3.05) is 13.7 Å². The zero-order valence-electron chi connectivity index (χ0n) is 12.6. The van der Waals surface area contributed by atoms with Crippen LogP contribution in [0, 0.1) is 23.7 Å². The first-order chi connectivity index (χ1) is 8.42. The van der Waals surface area contributed by atoms with E-state index >= 15 is 0 Å². The first-order valence-corrected chi connectivity index (χ1v) is 11.0. The molecule has 18 heavy (non-hydrogen) atoms. The van der Waals surface area contributed by atoms with E-state index in [0.717, 1.165) is 30.3 Å². The van der Waals surface area contributed by atoms with Gasteiger partial charge in [0.1, 0.15) is 0 Å². The normalized spacial score (nSPS) is 35.5. The molecule has 0 radical (unpaired) electrons. The molecule has 0 saturated heterocycles. The highest BCUT2D eigenvalue weighted by molar-refractivity contribution is 6.76. The van der Waals surface area contributed by atoms with Gasteiger partial charge in [0.15, 0.2) is 0 Å². The van der Waals surface area contributed by atoms with E-state index in [4.69, 9.17) is 4.74 Å². The third-order valence-corrected chi connectivity index (χ3v) is 6.26. The van der Waals surface area contributed by atoms with E-state index in [1.165, 1.54) is 18.0 Å². The van der Waals surface area contributed by atoms with Gasteiger partial charge in [-0.15, -0.1) is 0 Å². The Bertz CT molecular complexity index is 351.